The van der Waals surface area contributed by atoms with Gasteiger partial charge in [-0.05, 0) is 93.4 Å². The fourth-order valence-electron chi connectivity index (χ4n) is 5.28. The van der Waals surface area contributed by atoms with E-state index in [1.54, 1.807) is 6.20 Å². The van der Waals surface area contributed by atoms with E-state index in [1.165, 1.54) is 67.2 Å². The van der Waals surface area contributed by atoms with Crippen LogP contribution in [-0.2, 0) is 30.7 Å². The summed E-state index contributed by atoms with van der Waals surface area (Å²) in [6.45, 7) is 6.46. The number of fused-ring (bicyclic) bond motifs is 1. The van der Waals surface area contributed by atoms with E-state index < -0.39 is 0 Å². The van der Waals surface area contributed by atoms with E-state index in [9.17, 15) is 4.79 Å². The van der Waals surface area contributed by atoms with Crippen LogP contribution in [0.25, 0.3) is 0 Å². The number of carbonyl (C=O) groups excluding carboxylic acids is 1. The molecule has 6 nitrogen and oxygen atoms in total. The van der Waals surface area contributed by atoms with Crippen LogP contribution in [0.4, 0.5) is 0 Å². The summed E-state index contributed by atoms with van der Waals surface area (Å²) in [5.41, 5.74) is 5.07. The Morgan fingerprint density at radius 1 is 1.06 bits per heavy atom. The Balaban J connectivity index is 1.09. The van der Waals surface area contributed by atoms with Crippen LogP contribution < -0.4 is 20.7 Å². The zero-order chi connectivity index (χ0) is 25.0. The molecule has 1 heterocycles. The number of aromatic nitrogens is 1. The smallest absolute Gasteiger partial charge is 0.234 e. The second-order valence-corrected chi connectivity index (χ2v) is 11.6. The van der Waals surface area contributed by atoms with Gasteiger partial charge in [-0.1, -0.05) is 55.5 Å². The topological polar surface area (TPSA) is 78.1 Å². The highest BCUT2D eigenvalue weighted by Crippen LogP contribution is 2.27. The molecular weight excluding hydrogens is 466 g/mol. The molecule has 0 spiro atoms. The predicted molar refractivity (Wildman–Crippen MR) is 150 cm³/mol. The Morgan fingerprint density at radius 3 is 2.75 bits per heavy atom. The highest BCUT2D eigenvalue weighted by Gasteiger charge is 2.21. The van der Waals surface area contributed by atoms with Crippen molar-refractivity contribution in [2.75, 3.05) is 19.6 Å². The van der Waals surface area contributed by atoms with Crippen molar-refractivity contribution in [3.05, 3.63) is 65.0 Å². The second kappa shape index (κ2) is 14.7. The van der Waals surface area contributed by atoms with E-state index >= 15 is 0 Å². The van der Waals surface area contributed by atoms with Gasteiger partial charge in [-0.15, -0.1) is 0 Å². The van der Waals surface area contributed by atoms with E-state index in [1.807, 2.05) is 25.1 Å². The lowest BCUT2D eigenvalue weighted by molar-refractivity contribution is -0.120. The van der Waals surface area contributed by atoms with Gasteiger partial charge in [0.1, 0.15) is 0 Å². The van der Waals surface area contributed by atoms with Gasteiger partial charge in [-0.2, -0.15) is 0 Å². The van der Waals surface area contributed by atoms with E-state index in [0.717, 1.165) is 44.2 Å². The van der Waals surface area contributed by atoms with Gasteiger partial charge in [0.05, 0.1) is 10.9 Å². The number of nitrogens with zero attached hydrogens (tertiary/aromatic N) is 1. The molecule has 1 fully saturated rings. The molecule has 1 aromatic carbocycles. The molecule has 1 aromatic heterocycles. The zero-order valence-corrected chi connectivity index (χ0v) is 22.5. The number of nitrogens with one attached hydrogen (secondary N) is 4. The molecule has 0 bridgehead atoms. The van der Waals surface area contributed by atoms with Crippen molar-refractivity contribution in [1.82, 2.24) is 25.7 Å². The summed E-state index contributed by atoms with van der Waals surface area (Å²) in [5, 5.41) is 10.3. The Bertz CT molecular complexity index is 935. The first-order valence-electron chi connectivity index (χ1n) is 13.8. The monoisotopic (exact) mass is 509 g/mol. The molecule has 0 aliphatic heterocycles. The quantitative estimate of drug-likeness (QED) is 0.227. The minimum Gasteiger partial charge on any atom is -0.351 e. The molecule has 1 saturated carbocycles. The average molecular weight is 510 g/mol. The third-order valence-corrected chi connectivity index (χ3v) is 8.24. The Hall–Kier alpha value is -1.93. The van der Waals surface area contributed by atoms with Gasteiger partial charge in [-0.3, -0.25) is 14.5 Å². The van der Waals surface area contributed by atoms with Crippen LogP contribution in [-0.4, -0.2) is 41.8 Å². The van der Waals surface area contributed by atoms with E-state index in [4.69, 9.17) is 0 Å². The molecule has 7 heteroatoms. The Morgan fingerprint density at radius 2 is 1.92 bits per heavy atom. The van der Waals surface area contributed by atoms with E-state index in [0.29, 0.717) is 19.0 Å². The molecule has 2 aliphatic rings. The van der Waals surface area contributed by atoms with E-state index in [-0.39, 0.29) is 11.2 Å². The van der Waals surface area contributed by atoms with Crippen LogP contribution in [0.3, 0.4) is 0 Å². The lowest BCUT2D eigenvalue weighted by Crippen LogP contribution is -2.33. The van der Waals surface area contributed by atoms with Gasteiger partial charge in [0.25, 0.3) is 0 Å². The van der Waals surface area contributed by atoms with Gasteiger partial charge in [0, 0.05) is 25.3 Å². The first-order chi connectivity index (χ1) is 17.7. The summed E-state index contributed by atoms with van der Waals surface area (Å²) in [5.74, 6) is 0.729. The molecule has 36 heavy (non-hydrogen) atoms. The maximum atomic E-state index is 12.5. The highest BCUT2D eigenvalue weighted by molar-refractivity contribution is 7.98. The number of benzene rings is 1. The minimum atomic E-state index is -0.170. The third kappa shape index (κ3) is 8.87. The molecule has 2 atom stereocenters. The number of hydrogen-bond donors (Lipinski definition) is 4. The molecule has 2 aromatic rings. The second-order valence-electron chi connectivity index (χ2n) is 10.3. The van der Waals surface area contributed by atoms with Gasteiger partial charge >= 0.3 is 0 Å². The first-order valence-corrected chi connectivity index (χ1v) is 14.7. The molecule has 1 amide bonds. The standard InChI is InChI=1S/C29H43N5OS/c1-22(36-34-21-28-10-5-6-14-32-28)29(35)33-20-23-11-12-25-17-24(18-26(25)16-23)19-30-13-7-15-31-27-8-3-2-4-9-27/h5-6,10-12,14,16,22,24,27,30-31,34H,2-4,7-9,13,15,17-21H2,1H3,(H,33,35)/t22-,24?/m0/s1. The molecule has 4 rings (SSSR count). The van der Waals surface area contributed by atoms with Gasteiger partial charge in [0.15, 0.2) is 0 Å². The summed E-state index contributed by atoms with van der Waals surface area (Å²) in [6.07, 6.45) is 12.2. The fraction of sp³-hybridized carbons (Fsp3) is 0.586. The number of amides is 1. The number of hydrogen-bond acceptors (Lipinski definition) is 6. The summed E-state index contributed by atoms with van der Waals surface area (Å²) in [6, 6.07) is 13.3. The molecular formula is C29H43N5OS. The lowest BCUT2D eigenvalue weighted by atomic mass is 9.95. The van der Waals surface area contributed by atoms with Crippen LogP contribution in [0.15, 0.2) is 42.6 Å². The van der Waals surface area contributed by atoms with Gasteiger partial charge in [-0.25, -0.2) is 0 Å². The summed E-state index contributed by atoms with van der Waals surface area (Å²) in [4.78, 5) is 16.8. The third-order valence-electron chi connectivity index (χ3n) is 7.36. The number of pyridine rings is 1. The van der Waals surface area contributed by atoms with Gasteiger partial charge in [0.2, 0.25) is 5.91 Å². The SMILES string of the molecule is C[C@H](SNCc1ccccn1)C(=O)NCc1ccc2c(c1)CC(CNCCCNC1CCCCC1)C2. The van der Waals surface area contributed by atoms with Crippen molar-refractivity contribution >= 4 is 17.9 Å². The van der Waals surface area contributed by atoms with Crippen LogP contribution in [0.2, 0.25) is 0 Å². The van der Waals surface area contributed by atoms with Crippen LogP contribution >= 0.6 is 11.9 Å². The molecule has 1 unspecified atom stereocenters. The lowest BCUT2D eigenvalue weighted by Gasteiger charge is -2.22. The Labute approximate surface area is 221 Å². The molecule has 196 valence electrons. The fourth-order valence-corrected chi connectivity index (χ4v) is 5.95. The summed E-state index contributed by atoms with van der Waals surface area (Å²) < 4.78 is 3.25. The van der Waals surface area contributed by atoms with Crippen molar-refractivity contribution in [2.24, 2.45) is 5.92 Å². The van der Waals surface area contributed by atoms with Crippen molar-refractivity contribution in [3.8, 4) is 0 Å². The average Bonchev–Trinajstić information content (AvgIpc) is 3.32. The summed E-state index contributed by atoms with van der Waals surface area (Å²) in [7, 11) is 0. The van der Waals surface area contributed by atoms with Crippen molar-refractivity contribution < 1.29 is 4.79 Å². The Kier molecular flexibility index (Phi) is 11.1. The van der Waals surface area contributed by atoms with Crippen molar-refractivity contribution in [3.63, 3.8) is 0 Å². The minimum absolute atomic E-state index is 0.0501. The summed E-state index contributed by atoms with van der Waals surface area (Å²) >= 11 is 1.44. The molecule has 4 N–H and O–H groups in total. The molecule has 0 radical (unpaired) electrons. The first kappa shape index (κ1) is 27.1. The normalized spacial score (nSPS) is 18.6. The zero-order valence-electron chi connectivity index (χ0n) is 21.7. The predicted octanol–water partition coefficient (Wildman–Crippen LogP) is 4.14. The highest BCUT2D eigenvalue weighted by atomic mass is 32.2. The van der Waals surface area contributed by atoms with Crippen LogP contribution in [0, 0.1) is 5.92 Å². The van der Waals surface area contributed by atoms with Crippen LogP contribution in [0.1, 0.15) is 67.8 Å². The largest absolute Gasteiger partial charge is 0.351 e. The van der Waals surface area contributed by atoms with Crippen molar-refractivity contribution in [1.29, 1.82) is 0 Å². The maximum Gasteiger partial charge on any atom is 0.234 e. The molecule has 0 saturated heterocycles. The maximum absolute atomic E-state index is 12.5. The molecule has 2 aliphatic carbocycles. The van der Waals surface area contributed by atoms with Gasteiger partial charge < -0.3 is 16.0 Å². The number of rotatable bonds is 14. The van der Waals surface area contributed by atoms with E-state index in [2.05, 4.69) is 43.9 Å². The van der Waals surface area contributed by atoms with Crippen molar-refractivity contribution in [2.45, 2.75) is 82.7 Å². The number of carbonyl (C=O) groups is 1. The van der Waals surface area contributed by atoms with Crippen LogP contribution in [0.5, 0.6) is 0 Å².